The van der Waals surface area contributed by atoms with Gasteiger partial charge in [-0.15, -0.1) is 0 Å². The largest absolute Gasteiger partial charge is 0.490 e. The maximum absolute atomic E-state index is 9.26. The van der Waals surface area contributed by atoms with Crippen LogP contribution in [0.3, 0.4) is 0 Å². The van der Waals surface area contributed by atoms with E-state index in [9.17, 15) is 5.11 Å². The Morgan fingerprint density at radius 3 is 2.54 bits per heavy atom. The summed E-state index contributed by atoms with van der Waals surface area (Å²) in [4.78, 5) is 0. The van der Waals surface area contributed by atoms with Crippen LogP contribution in [0.5, 0.6) is 11.5 Å². The first-order valence-electron chi connectivity index (χ1n) is 9.42. The van der Waals surface area contributed by atoms with E-state index >= 15 is 0 Å². The zero-order valence-corrected chi connectivity index (χ0v) is 17.8. The molecule has 0 aliphatic heterocycles. The highest BCUT2D eigenvalue weighted by molar-refractivity contribution is 6.35. The summed E-state index contributed by atoms with van der Waals surface area (Å²) in [6.45, 7) is 7.34. The number of ether oxygens (including phenoxy) is 2. The fourth-order valence-corrected chi connectivity index (χ4v) is 3.10. The Balaban J connectivity index is 2.01. The van der Waals surface area contributed by atoms with E-state index in [0.717, 1.165) is 24.2 Å². The van der Waals surface area contributed by atoms with E-state index in [1.165, 1.54) is 0 Å². The molecular formula is C21H28Cl2N2O3. The van der Waals surface area contributed by atoms with Crippen LogP contribution in [0.1, 0.15) is 25.0 Å². The molecule has 0 spiro atoms. The number of nitrogens with one attached hydrogen (secondary N) is 2. The molecule has 0 fully saturated rings. The van der Waals surface area contributed by atoms with Crippen LogP contribution in [0.25, 0.3) is 0 Å². The van der Waals surface area contributed by atoms with E-state index in [4.69, 9.17) is 32.7 Å². The number of hydrogen-bond donors (Lipinski definition) is 3. The zero-order valence-electron chi connectivity index (χ0n) is 16.3. The molecule has 7 heteroatoms. The van der Waals surface area contributed by atoms with Crippen molar-refractivity contribution in [1.29, 1.82) is 0 Å². The number of rotatable bonds is 12. The monoisotopic (exact) mass is 426 g/mol. The van der Waals surface area contributed by atoms with Gasteiger partial charge in [-0.25, -0.2) is 0 Å². The topological polar surface area (TPSA) is 62.8 Å². The first kappa shape index (κ1) is 22.8. The first-order chi connectivity index (χ1) is 13.5. The minimum absolute atomic E-state index is 0.322. The predicted octanol–water partition coefficient (Wildman–Crippen LogP) is 4.03. The molecule has 2 aromatic rings. The molecule has 1 unspecified atom stereocenters. The molecule has 0 bridgehead atoms. The SMILES string of the molecule is CCOc1cccc(CNCCNCC(C)O)c1OCc1ccc(Cl)cc1Cl. The highest BCUT2D eigenvalue weighted by Gasteiger charge is 2.12. The highest BCUT2D eigenvalue weighted by Crippen LogP contribution is 2.33. The lowest BCUT2D eigenvalue weighted by molar-refractivity contribution is 0.191. The Morgan fingerprint density at radius 2 is 1.82 bits per heavy atom. The van der Waals surface area contributed by atoms with Crippen LogP contribution >= 0.6 is 23.2 Å². The molecular weight excluding hydrogens is 399 g/mol. The quantitative estimate of drug-likeness (QED) is 0.447. The van der Waals surface area contributed by atoms with Gasteiger partial charge in [0.05, 0.1) is 12.7 Å². The van der Waals surface area contributed by atoms with Crippen molar-refractivity contribution < 1.29 is 14.6 Å². The molecule has 0 aromatic heterocycles. The number of aliphatic hydroxyl groups excluding tert-OH is 1. The maximum Gasteiger partial charge on any atom is 0.166 e. The van der Waals surface area contributed by atoms with Crippen molar-refractivity contribution in [3.8, 4) is 11.5 Å². The molecule has 0 saturated carbocycles. The standard InChI is InChI=1S/C21H28Cl2N2O3/c1-3-27-20-6-4-5-16(13-25-10-9-24-12-15(2)26)21(20)28-14-17-7-8-18(22)11-19(17)23/h4-8,11,15,24-26H,3,9-10,12-14H2,1-2H3. The van der Waals surface area contributed by atoms with Gasteiger partial charge in [0.15, 0.2) is 11.5 Å². The van der Waals surface area contributed by atoms with Crippen molar-refractivity contribution >= 4 is 23.2 Å². The van der Waals surface area contributed by atoms with Crippen LogP contribution in [0, 0.1) is 0 Å². The van der Waals surface area contributed by atoms with E-state index in [1.54, 1.807) is 19.1 Å². The van der Waals surface area contributed by atoms with Crippen LogP contribution in [0.4, 0.5) is 0 Å². The van der Waals surface area contributed by atoms with Gasteiger partial charge in [0, 0.05) is 47.4 Å². The predicted molar refractivity (Wildman–Crippen MR) is 115 cm³/mol. The van der Waals surface area contributed by atoms with Gasteiger partial charge >= 0.3 is 0 Å². The Hall–Kier alpha value is -1.50. The lowest BCUT2D eigenvalue weighted by Crippen LogP contribution is -2.31. The highest BCUT2D eigenvalue weighted by atomic mass is 35.5. The molecule has 2 rings (SSSR count). The van der Waals surface area contributed by atoms with Gasteiger partial charge in [0.2, 0.25) is 0 Å². The summed E-state index contributed by atoms with van der Waals surface area (Å²) in [6, 6.07) is 11.2. The summed E-state index contributed by atoms with van der Waals surface area (Å²) in [5, 5.41) is 17.0. The molecule has 2 aromatic carbocycles. The lowest BCUT2D eigenvalue weighted by Gasteiger charge is -2.17. The number of para-hydroxylation sites is 1. The van der Waals surface area contributed by atoms with E-state index in [2.05, 4.69) is 10.6 Å². The average Bonchev–Trinajstić information content (AvgIpc) is 2.65. The fraction of sp³-hybridized carbons (Fsp3) is 0.429. The molecule has 0 amide bonds. The lowest BCUT2D eigenvalue weighted by atomic mass is 10.1. The normalized spacial score (nSPS) is 12.0. The van der Waals surface area contributed by atoms with Gasteiger partial charge in [-0.3, -0.25) is 0 Å². The van der Waals surface area contributed by atoms with E-state index < -0.39 is 0 Å². The minimum Gasteiger partial charge on any atom is -0.490 e. The fourth-order valence-electron chi connectivity index (χ4n) is 2.63. The number of hydrogen-bond acceptors (Lipinski definition) is 5. The molecule has 0 saturated heterocycles. The van der Waals surface area contributed by atoms with Crippen LogP contribution in [-0.4, -0.2) is 37.5 Å². The molecule has 154 valence electrons. The first-order valence-corrected chi connectivity index (χ1v) is 10.2. The molecule has 0 aliphatic carbocycles. The molecule has 3 N–H and O–H groups in total. The number of halogens is 2. The van der Waals surface area contributed by atoms with Crippen molar-refractivity contribution in [2.75, 3.05) is 26.2 Å². The van der Waals surface area contributed by atoms with Gasteiger partial charge in [-0.05, 0) is 32.0 Å². The molecule has 28 heavy (non-hydrogen) atoms. The second-order valence-corrected chi connectivity index (χ2v) is 7.28. The Labute approximate surface area is 177 Å². The van der Waals surface area contributed by atoms with Gasteiger partial charge in [-0.1, -0.05) is 41.4 Å². The number of aliphatic hydroxyl groups is 1. The van der Waals surface area contributed by atoms with E-state index in [1.807, 2.05) is 31.2 Å². The summed E-state index contributed by atoms with van der Waals surface area (Å²) in [5.41, 5.74) is 1.87. The molecule has 0 radical (unpaired) electrons. The van der Waals surface area contributed by atoms with Crippen molar-refractivity contribution in [3.63, 3.8) is 0 Å². The third kappa shape index (κ3) is 7.49. The molecule has 5 nitrogen and oxygen atoms in total. The second kappa shape index (κ2) is 12.1. The summed E-state index contributed by atoms with van der Waals surface area (Å²) >= 11 is 12.2. The van der Waals surface area contributed by atoms with Crippen LogP contribution in [-0.2, 0) is 13.2 Å². The Morgan fingerprint density at radius 1 is 1.04 bits per heavy atom. The van der Waals surface area contributed by atoms with Crippen molar-refractivity contribution in [3.05, 3.63) is 57.6 Å². The smallest absolute Gasteiger partial charge is 0.166 e. The van der Waals surface area contributed by atoms with E-state index in [-0.39, 0.29) is 6.10 Å². The summed E-state index contributed by atoms with van der Waals surface area (Å²) in [7, 11) is 0. The maximum atomic E-state index is 9.26. The zero-order chi connectivity index (χ0) is 20.4. The number of benzene rings is 2. The van der Waals surface area contributed by atoms with Crippen LogP contribution < -0.4 is 20.1 Å². The van der Waals surface area contributed by atoms with Gasteiger partial charge in [-0.2, -0.15) is 0 Å². The average molecular weight is 427 g/mol. The van der Waals surface area contributed by atoms with Crippen molar-refractivity contribution in [2.45, 2.75) is 33.1 Å². The van der Waals surface area contributed by atoms with Gasteiger partial charge in [0.25, 0.3) is 0 Å². The van der Waals surface area contributed by atoms with Gasteiger partial charge in [0.1, 0.15) is 6.61 Å². The Kier molecular flexibility index (Phi) is 9.88. The van der Waals surface area contributed by atoms with Crippen molar-refractivity contribution in [2.24, 2.45) is 0 Å². The molecule has 0 heterocycles. The molecule has 0 aliphatic rings. The van der Waals surface area contributed by atoms with Gasteiger partial charge < -0.3 is 25.2 Å². The summed E-state index contributed by atoms with van der Waals surface area (Å²) in [6.07, 6.45) is -0.345. The molecule has 1 atom stereocenters. The third-order valence-corrected chi connectivity index (χ3v) is 4.57. The van der Waals surface area contributed by atoms with Crippen LogP contribution in [0.15, 0.2) is 36.4 Å². The van der Waals surface area contributed by atoms with Crippen molar-refractivity contribution in [1.82, 2.24) is 10.6 Å². The third-order valence-electron chi connectivity index (χ3n) is 3.98. The summed E-state index contributed by atoms with van der Waals surface area (Å²) in [5.74, 6) is 1.42. The summed E-state index contributed by atoms with van der Waals surface area (Å²) < 4.78 is 11.8. The Bertz CT molecular complexity index is 742. The van der Waals surface area contributed by atoms with E-state index in [0.29, 0.717) is 47.8 Å². The second-order valence-electron chi connectivity index (χ2n) is 6.43. The van der Waals surface area contributed by atoms with Crippen LogP contribution in [0.2, 0.25) is 10.0 Å². The minimum atomic E-state index is -0.345.